The van der Waals surface area contributed by atoms with Gasteiger partial charge in [0, 0.05) is 6.42 Å². The fourth-order valence-corrected chi connectivity index (χ4v) is 1.79. The van der Waals surface area contributed by atoms with E-state index < -0.39 is 0 Å². The van der Waals surface area contributed by atoms with E-state index in [4.69, 9.17) is 4.74 Å². The second-order valence-electron chi connectivity index (χ2n) is 3.39. The maximum Gasteiger partial charge on any atom is 0.133 e. The molecule has 0 amide bonds. The van der Waals surface area contributed by atoms with Crippen molar-refractivity contribution in [2.75, 3.05) is 0 Å². The van der Waals surface area contributed by atoms with Crippen molar-refractivity contribution in [3.63, 3.8) is 0 Å². The molecule has 1 aromatic rings. The minimum atomic E-state index is 0.173. The second kappa shape index (κ2) is 5.20. The van der Waals surface area contributed by atoms with Gasteiger partial charge in [-0.3, -0.25) is 0 Å². The summed E-state index contributed by atoms with van der Waals surface area (Å²) in [6, 6.07) is 6.08. The Balaban J connectivity index is 2.71. The fourth-order valence-electron chi connectivity index (χ4n) is 1.20. The van der Waals surface area contributed by atoms with Crippen LogP contribution in [0.25, 0.3) is 0 Å². The van der Waals surface area contributed by atoms with Crippen LogP contribution in [0.4, 0.5) is 0 Å². The van der Waals surface area contributed by atoms with Crippen LogP contribution in [0.3, 0.4) is 0 Å². The highest BCUT2D eigenvalue weighted by Crippen LogP contribution is 2.26. The lowest BCUT2D eigenvalue weighted by Crippen LogP contribution is -2.10. The molecular formula is C12H15BrO. The Bertz CT molecular complexity index is 320. The van der Waals surface area contributed by atoms with Crippen LogP contribution in [0.2, 0.25) is 0 Å². The molecule has 0 heterocycles. The van der Waals surface area contributed by atoms with Gasteiger partial charge in [0.05, 0.1) is 10.6 Å². The molecule has 0 fully saturated rings. The van der Waals surface area contributed by atoms with Crippen molar-refractivity contribution in [1.82, 2.24) is 0 Å². The van der Waals surface area contributed by atoms with Crippen LogP contribution in [-0.4, -0.2) is 6.10 Å². The average Bonchev–Trinajstić information content (AvgIpc) is 2.10. The van der Waals surface area contributed by atoms with Gasteiger partial charge in [0.15, 0.2) is 0 Å². The van der Waals surface area contributed by atoms with Crippen molar-refractivity contribution in [2.45, 2.75) is 26.4 Å². The molecule has 1 aromatic carbocycles. The molecule has 76 valence electrons. The van der Waals surface area contributed by atoms with Gasteiger partial charge in [-0.2, -0.15) is 0 Å². The van der Waals surface area contributed by atoms with E-state index in [0.717, 1.165) is 16.6 Å². The van der Waals surface area contributed by atoms with E-state index in [0.29, 0.717) is 0 Å². The van der Waals surface area contributed by atoms with Gasteiger partial charge < -0.3 is 4.74 Å². The van der Waals surface area contributed by atoms with E-state index in [1.54, 1.807) is 0 Å². The van der Waals surface area contributed by atoms with Crippen molar-refractivity contribution < 1.29 is 4.74 Å². The molecule has 0 bridgehead atoms. The maximum atomic E-state index is 5.72. The van der Waals surface area contributed by atoms with E-state index in [9.17, 15) is 0 Å². The van der Waals surface area contributed by atoms with E-state index >= 15 is 0 Å². The number of hydrogen-bond donors (Lipinski definition) is 0. The van der Waals surface area contributed by atoms with Gasteiger partial charge in [0.25, 0.3) is 0 Å². The van der Waals surface area contributed by atoms with Crippen LogP contribution in [0, 0.1) is 6.92 Å². The summed E-state index contributed by atoms with van der Waals surface area (Å²) in [4.78, 5) is 0. The molecule has 0 radical (unpaired) electrons. The third-order valence-corrected chi connectivity index (χ3v) is 2.53. The number of ether oxygens (including phenoxy) is 1. The Morgan fingerprint density at radius 1 is 1.57 bits per heavy atom. The van der Waals surface area contributed by atoms with Gasteiger partial charge in [-0.1, -0.05) is 12.1 Å². The van der Waals surface area contributed by atoms with E-state index in [2.05, 4.69) is 35.5 Å². The minimum absolute atomic E-state index is 0.173. The lowest BCUT2D eigenvalue weighted by atomic mass is 10.2. The van der Waals surface area contributed by atoms with Gasteiger partial charge in [-0.15, -0.1) is 6.58 Å². The van der Waals surface area contributed by atoms with Crippen molar-refractivity contribution in [2.24, 2.45) is 0 Å². The fraction of sp³-hybridized carbons (Fsp3) is 0.333. The first-order valence-electron chi connectivity index (χ1n) is 4.67. The topological polar surface area (TPSA) is 9.23 Å². The summed E-state index contributed by atoms with van der Waals surface area (Å²) in [5, 5.41) is 0. The number of hydrogen-bond acceptors (Lipinski definition) is 1. The molecule has 0 aliphatic heterocycles. The molecule has 0 saturated heterocycles. The highest BCUT2D eigenvalue weighted by Gasteiger charge is 2.05. The zero-order valence-electron chi connectivity index (χ0n) is 8.59. The summed E-state index contributed by atoms with van der Waals surface area (Å²) < 4.78 is 6.73. The molecule has 0 saturated carbocycles. The normalized spacial score (nSPS) is 12.2. The lowest BCUT2D eigenvalue weighted by molar-refractivity contribution is 0.224. The van der Waals surface area contributed by atoms with Crippen LogP contribution in [0.5, 0.6) is 5.75 Å². The zero-order chi connectivity index (χ0) is 10.6. The van der Waals surface area contributed by atoms with Crippen LogP contribution in [0.1, 0.15) is 18.9 Å². The maximum absolute atomic E-state index is 5.72. The molecule has 1 rings (SSSR count). The third kappa shape index (κ3) is 3.18. The molecule has 14 heavy (non-hydrogen) atoms. The lowest BCUT2D eigenvalue weighted by Gasteiger charge is -2.14. The summed E-state index contributed by atoms with van der Waals surface area (Å²) in [5.41, 5.74) is 1.22. The Labute approximate surface area is 93.9 Å². The van der Waals surface area contributed by atoms with E-state index in [-0.39, 0.29) is 6.10 Å². The highest BCUT2D eigenvalue weighted by atomic mass is 79.9. The first-order valence-corrected chi connectivity index (χ1v) is 5.46. The summed E-state index contributed by atoms with van der Waals surface area (Å²) in [6.45, 7) is 7.78. The van der Waals surface area contributed by atoms with Crippen LogP contribution in [0.15, 0.2) is 35.3 Å². The number of benzene rings is 1. The predicted octanol–water partition coefficient (Wildman–Crippen LogP) is 4.10. The standard InChI is InChI=1S/C12H15BrO/c1-4-5-10(3)14-12-7-6-9(2)8-11(12)13/h4,6-8,10H,1,5H2,2-3H3/t10-/m0/s1. The van der Waals surface area contributed by atoms with Crippen LogP contribution < -0.4 is 4.74 Å². The van der Waals surface area contributed by atoms with Gasteiger partial charge in [-0.05, 0) is 47.5 Å². The Morgan fingerprint density at radius 3 is 2.86 bits per heavy atom. The summed E-state index contributed by atoms with van der Waals surface area (Å²) in [5.74, 6) is 0.893. The molecule has 0 spiro atoms. The minimum Gasteiger partial charge on any atom is -0.489 e. The largest absolute Gasteiger partial charge is 0.489 e. The summed E-state index contributed by atoms with van der Waals surface area (Å²) in [7, 11) is 0. The first-order chi connectivity index (χ1) is 6.63. The monoisotopic (exact) mass is 254 g/mol. The Morgan fingerprint density at radius 2 is 2.29 bits per heavy atom. The molecule has 1 atom stereocenters. The average molecular weight is 255 g/mol. The number of rotatable bonds is 4. The second-order valence-corrected chi connectivity index (χ2v) is 4.24. The van der Waals surface area contributed by atoms with Crippen LogP contribution in [-0.2, 0) is 0 Å². The predicted molar refractivity (Wildman–Crippen MR) is 63.8 cm³/mol. The number of halogens is 1. The molecule has 0 N–H and O–H groups in total. The number of aryl methyl sites for hydroxylation is 1. The van der Waals surface area contributed by atoms with E-state index in [1.165, 1.54) is 5.56 Å². The molecule has 1 nitrogen and oxygen atoms in total. The molecule has 0 aliphatic carbocycles. The quantitative estimate of drug-likeness (QED) is 0.736. The Hall–Kier alpha value is -0.760. The molecule has 0 aromatic heterocycles. The summed E-state index contributed by atoms with van der Waals surface area (Å²) in [6.07, 6.45) is 2.90. The van der Waals surface area contributed by atoms with Crippen molar-refractivity contribution in [1.29, 1.82) is 0 Å². The van der Waals surface area contributed by atoms with Crippen molar-refractivity contribution in [3.8, 4) is 5.75 Å². The van der Waals surface area contributed by atoms with Crippen molar-refractivity contribution >= 4 is 15.9 Å². The first kappa shape index (κ1) is 11.3. The van der Waals surface area contributed by atoms with Crippen molar-refractivity contribution in [3.05, 3.63) is 40.9 Å². The van der Waals surface area contributed by atoms with Gasteiger partial charge >= 0.3 is 0 Å². The molecule has 0 unspecified atom stereocenters. The summed E-state index contributed by atoms with van der Waals surface area (Å²) >= 11 is 3.48. The van der Waals surface area contributed by atoms with Crippen LogP contribution >= 0.6 is 15.9 Å². The zero-order valence-corrected chi connectivity index (χ0v) is 10.2. The highest BCUT2D eigenvalue weighted by molar-refractivity contribution is 9.10. The molecule has 0 aliphatic rings. The third-order valence-electron chi connectivity index (χ3n) is 1.91. The van der Waals surface area contributed by atoms with Gasteiger partial charge in [0.2, 0.25) is 0 Å². The Kier molecular flexibility index (Phi) is 4.21. The molecule has 2 heteroatoms. The van der Waals surface area contributed by atoms with E-state index in [1.807, 2.05) is 25.1 Å². The van der Waals surface area contributed by atoms with Gasteiger partial charge in [-0.25, -0.2) is 0 Å². The smallest absolute Gasteiger partial charge is 0.133 e. The molecular weight excluding hydrogens is 240 g/mol. The SMILES string of the molecule is C=CC[C@H](C)Oc1ccc(C)cc1Br. The van der Waals surface area contributed by atoms with Gasteiger partial charge in [0.1, 0.15) is 5.75 Å².